The Hall–Kier alpha value is -3.13. The fraction of sp³-hybridized carbons (Fsp3) is 0.381. The van der Waals surface area contributed by atoms with Crippen molar-refractivity contribution in [2.24, 2.45) is 0 Å². The molecule has 2 aromatic heterocycles. The molecule has 1 unspecified atom stereocenters. The van der Waals surface area contributed by atoms with Crippen molar-refractivity contribution in [1.29, 1.82) is 0 Å². The minimum Gasteiger partial charge on any atom is -0.507 e. The average Bonchev–Trinajstić information content (AvgIpc) is 3.35. The third-order valence-electron chi connectivity index (χ3n) is 4.91. The lowest BCUT2D eigenvalue weighted by Gasteiger charge is -2.12. The number of hydrogen-bond donors (Lipinski definition) is 3. The summed E-state index contributed by atoms with van der Waals surface area (Å²) >= 11 is 0. The van der Waals surface area contributed by atoms with Gasteiger partial charge in [0.25, 0.3) is 5.91 Å². The van der Waals surface area contributed by atoms with Crippen molar-refractivity contribution >= 4 is 17.4 Å². The molecule has 1 saturated heterocycles. The van der Waals surface area contributed by atoms with Crippen LogP contribution in [0.5, 0.6) is 5.75 Å². The van der Waals surface area contributed by atoms with Crippen molar-refractivity contribution in [3.8, 4) is 17.0 Å². The number of anilines is 1. The van der Waals surface area contributed by atoms with Gasteiger partial charge in [-0.3, -0.25) is 9.20 Å². The Morgan fingerprint density at radius 2 is 2.24 bits per heavy atom. The molecular formula is C21H25N5O3. The number of aromatic hydroxyl groups is 1. The summed E-state index contributed by atoms with van der Waals surface area (Å²) in [6, 6.07) is 5.00. The number of phenolic OH excluding ortho intramolecular Hbond substituents is 1. The first kappa shape index (κ1) is 19.2. The van der Waals surface area contributed by atoms with Crippen molar-refractivity contribution in [2.75, 3.05) is 18.5 Å². The first-order valence-electron chi connectivity index (χ1n) is 9.84. The molecule has 0 radical (unpaired) electrons. The molecule has 1 aliphatic rings. The Morgan fingerprint density at radius 3 is 2.97 bits per heavy atom. The standard InChI is InChI=1S/C21H25N5O3/c1-13(2)25-21(28)16-6-5-14(10-18(16)27)17-12-24-20-19(22-7-8-26(17)20)23-11-15-4-3-9-29-15/h5-8,10,12-13,15,27H,3-4,9,11H2,1-2H3,(H,22,23)(H,25,28). The number of carbonyl (C=O) groups is 1. The number of hydrogen-bond acceptors (Lipinski definition) is 6. The summed E-state index contributed by atoms with van der Waals surface area (Å²) in [5.41, 5.74) is 2.50. The normalized spacial score (nSPS) is 16.4. The van der Waals surface area contributed by atoms with Gasteiger partial charge in [-0.25, -0.2) is 9.97 Å². The van der Waals surface area contributed by atoms with Gasteiger partial charge >= 0.3 is 0 Å². The second-order valence-electron chi connectivity index (χ2n) is 7.49. The molecular weight excluding hydrogens is 370 g/mol. The van der Waals surface area contributed by atoms with E-state index in [1.807, 2.05) is 24.4 Å². The molecule has 8 nitrogen and oxygen atoms in total. The van der Waals surface area contributed by atoms with Crippen LogP contribution in [0.4, 0.5) is 5.82 Å². The third-order valence-corrected chi connectivity index (χ3v) is 4.91. The molecule has 0 saturated carbocycles. The summed E-state index contributed by atoms with van der Waals surface area (Å²) in [6.07, 6.45) is 7.61. The average molecular weight is 395 g/mol. The highest BCUT2D eigenvalue weighted by Crippen LogP contribution is 2.28. The summed E-state index contributed by atoms with van der Waals surface area (Å²) in [5, 5.41) is 16.5. The molecule has 4 rings (SSSR count). The predicted octanol–water partition coefficient (Wildman–Crippen LogP) is 2.83. The fourth-order valence-electron chi connectivity index (χ4n) is 3.50. The predicted molar refractivity (Wildman–Crippen MR) is 110 cm³/mol. The molecule has 8 heteroatoms. The van der Waals surface area contributed by atoms with Crippen LogP contribution < -0.4 is 10.6 Å². The minimum absolute atomic E-state index is 0.00611. The Balaban J connectivity index is 1.60. The van der Waals surface area contributed by atoms with Crippen molar-refractivity contribution in [3.63, 3.8) is 0 Å². The fourth-order valence-corrected chi connectivity index (χ4v) is 3.50. The molecule has 1 amide bonds. The third kappa shape index (κ3) is 4.02. The van der Waals surface area contributed by atoms with Crippen LogP contribution in [0.2, 0.25) is 0 Å². The van der Waals surface area contributed by atoms with Crippen molar-refractivity contribution in [2.45, 2.75) is 38.8 Å². The second kappa shape index (κ2) is 8.08. The van der Waals surface area contributed by atoms with Crippen LogP contribution in [-0.2, 0) is 4.74 Å². The molecule has 3 aromatic rings. The summed E-state index contributed by atoms with van der Waals surface area (Å²) in [4.78, 5) is 21.1. The Labute approximate surface area is 168 Å². The summed E-state index contributed by atoms with van der Waals surface area (Å²) in [5.74, 6) is 0.319. The lowest BCUT2D eigenvalue weighted by atomic mass is 10.1. The van der Waals surface area contributed by atoms with Crippen LogP contribution >= 0.6 is 0 Å². The smallest absolute Gasteiger partial charge is 0.255 e. The van der Waals surface area contributed by atoms with E-state index in [-0.39, 0.29) is 29.4 Å². The van der Waals surface area contributed by atoms with E-state index in [4.69, 9.17) is 4.74 Å². The van der Waals surface area contributed by atoms with E-state index < -0.39 is 0 Å². The number of nitrogens with one attached hydrogen (secondary N) is 2. The van der Waals surface area contributed by atoms with E-state index in [1.54, 1.807) is 30.6 Å². The maximum absolute atomic E-state index is 12.2. The maximum Gasteiger partial charge on any atom is 0.255 e. The molecule has 3 N–H and O–H groups in total. The Morgan fingerprint density at radius 1 is 1.38 bits per heavy atom. The molecule has 0 bridgehead atoms. The Kier molecular flexibility index (Phi) is 5.35. The second-order valence-corrected chi connectivity index (χ2v) is 7.49. The zero-order valence-electron chi connectivity index (χ0n) is 16.6. The van der Waals surface area contributed by atoms with Crippen molar-refractivity contribution in [3.05, 3.63) is 42.4 Å². The number of amides is 1. The van der Waals surface area contributed by atoms with Crippen LogP contribution in [-0.4, -0.2) is 50.7 Å². The number of fused-ring (bicyclic) bond motifs is 1. The Bertz CT molecular complexity index is 1020. The highest BCUT2D eigenvalue weighted by molar-refractivity contribution is 5.97. The number of ether oxygens (including phenoxy) is 1. The molecule has 29 heavy (non-hydrogen) atoms. The first-order valence-corrected chi connectivity index (χ1v) is 9.84. The van der Waals surface area contributed by atoms with Crippen LogP contribution in [0.15, 0.2) is 36.8 Å². The van der Waals surface area contributed by atoms with Gasteiger partial charge in [0.15, 0.2) is 11.5 Å². The van der Waals surface area contributed by atoms with Gasteiger partial charge in [0.2, 0.25) is 0 Å². The zero-order chi connectivity index (χ0) is 20.4. The van der Waals surface area contributed by atoms with E-state index in [9.17, 15) is 9.90 Å². The minimum atomic E-state index is -0.299. The van der Waals surface area contributed by atoms with Crippen LogP contribution in [0.25, 0.3) is 16.9 Å². The van der Waals surface area contributed by atoms with Crippen LogP contribution in [0, 0.1) is 0 Å². The van der Waals surface area contributed by atoms with Gasteiger partial charge in [0.05, 0.1) is 23.6 Å². The van der Waals surface area contributed by atoms with Gasteiger partial charge in [-0.05, 0) is 38.8 Å². The lowest BCUT2D eigenvalue weighted by molar-refractivity contribution is 0.0940. The van der Waals surface area contributed by atoms with E-state index in [0.29, 0.717) is 18.0 Å². The number of carbonyl (C=O) groups excluding carboxylic acids is 1. The molecule has 152 valence electrons. The number of nitrogens with zero attached hydrogens (tertiary/aromatic N) is 3. The van der Waals surface area contributed by atoms with Gasteiger partial charge in [0.1, 0.15) is 5.75 Å². The first-order chi connectivity index (χ1) is 14.0. The molecule has 1 fully saturated rings. The lowest BCUT2D eigenvalue weighted by Crippen LogP contribution is -2.30. The van der Waals surface area contributed by atoms with Gasteiger partial charge in [-0.1, -0.05) is 6.07 Å². The van der Waals surface area contributed by atoms with Crippen molar-refractivity contribution in [1.82, 2.24) is 19.7 Å². The monoisotopic (exact) mass is 395 g/mol. The number of imidazole rings is 1. The topological polar surface area (TPSA) is 101 Å². The SMILES string of the molecule is CC(C)NC(=O)c1ccc(-c2cnc3c(NCC4CCCO4)nccn23)cc1O. The number of rotatable bonds is 6. The van der Waals surface area contributed by atoms with Crippen LogP contribution in [0.1, 0.15) is 37.0 Å². The number of aromatic nitrogens is 3. The zero-order valence-corrected chi connectivity index (χ0v) is 16.6. The largest absolute Gasteiger partial charge is 0.507 e. The van der Waals surface area contributed by atoms with E-state index in [2.05, 4.69) is 20.6 Å². The van der Waals surface area contributed by atoms with Crippen molar-refractivity contribution < 1.29 is 14.6 Å². The van der Waals surface area contributed by atoms with Gasteiger partial charge in [-0.15, -0.1) is 0 Å². The molecule has 1 aromatic carbocycles. The van der Waals surface area contributed by atoms with E-state index in [1.165, 1.54) is 0 Å². The van der Waals surface area contributed by atoms with E-state index in [0.717, 1.165) is 30.7 Å². The van der Waals surface area contributed by atoms with Gasteiger partial charge < -0.3 is 20.5 Å². The quantitative estimate of drug-likeness (QED) is 0.593. The summed E-state index contributed by atoms with van der Waals surface area (Å²) in [6.45, 7) is 5.25. The highest BCUT2D eigenvalue weighted by atomic mass is 16.5. The summed E-state index contributed by atoms with van der Waals surface area (Å²) in [7, 11) is 0. The summed E-state index contributed by atoms with van der Waals surface area (Å²) < 4.78 is 7.56. The highest BCUT2D eigenvalue weighted by Gasteiger charge is 2.18. The molecule has 3 heterocycles. The molecule has 1 aliphatic heterocycles. The molecule has 1 atom stereocenters. The maximum atomic E-state index is 12.2. The van der Waals surface area contributed by atoms with Crippen LogP contribution in [0.3, 0.4) is 0 Å². The number of phenols is 1. The molecule has 0 spiro atoms. The van der Waals surface area contributed by atoms with Gasteiger partial charge in [-0.2, -0.15) is 0 Å². The number of benzene rings is 1. The van der Waals surface area contributed by atoms with E-state index >= 15 is 0 Å². The van der Waals surface area contributed by atoms with Gasteiger partial charge in [0, 0.05) is 37.2 Å². The molecule has 0 aliphatic carbocycles.